The number of rotatable bonds is 4. The molecular weight excluding hydrogens is 663 g/mol. The van der Waals surface area contributed by atoms with Gasteiger partial charge in [-0.25, -0.2) is 4.99 Å². The third-order valence-electron chi connectivity index (χ3n) is 6.71. The molecule has 2 aliphatic rings. The molecular formula is C29H22BrIN2O3S. The van der Waals surface area contributed by atoms with Gasteiger partial charge in [-0.05, 0) is 95.0 Å². The van der Waals surface area contributed by atoms with Crippen molar-refractivity contribution in [3.05, 3.63) is 116 Å². The Labute approximate surface area is 239 Å². The van der Waals surface area contributed by atoms with Crippen molar-refractivity contribution in [2.75, 3.05) is 6.61 Å². The Hall–Kier alpha value is -2.69. The van der Waals surface area contributed by atoms with Crippen LogP contribution < -0.4 is 19.6 Å². The molecule has 1 aromatic heterocycles. The molecule has 6 rings (SSSR count). The third-order valence-corrected chi connectivity index (χ3v) is 9.04. The maximum absolute atomic E-state index is 13.9. The van der Waals surface area contributed by atoms with E-state index in [9.17, 15) is 9.90 Å². The van der Waals surface area contributed by atoms with Gasteiger partial charge in [-0.1, -0.05) is 63.7 Å². The SMILES string of the molecule is CCOc1cc(/C=c2\sc3n(c2=O)[C@@H](c2ccc(Br)cc2)C2=C(N=3)c3ccccc3CC2)cc(I)c1O. The molecule has 0 unspecified atom stereocenters. The van der Waals surface area contributed by atoms with Gasteiger partial charge in [0.05, 0.1) is 26.4 Å². The summed E-state index contributed by atoms with van der Waals surface area (Å²) in [6, 6.07) is 20.0. The van der Waals surface area contributed by atoms with E-state index in [0.29, 0.717) is 25.3 Å². The van der Waals surface area contributed by atoms with Crippen molar-refractivity contribution in [2.45, 2.75) is 25.8 Å². The Morgan fingerprint density at radius 2 is 1.97 bits per heavy atom. The summed E-state index contributed by atoms with van der Waals surface area (Å²) in [4.78, 5) is 19.7. The van der Waals surface area contributed by atoms with Gasteiger partial charge < -0.3 is 9.84 Å². The highest BCUT2D eigenvalue weighted by molar-refractivity contribution is 14.1. The normalized spacial score (nSPS) is 16.6. The average Bonchev–Trinajstić information content (AvgIpc) is 3.20. The minimum absolute atomic E-state index is 0.0666. The van der Waals surface area contributed by atoms with Gasteiger partial charge in [-0.15, -0.1) is 0 Å². The molecule has 2 heterocycles. The van der Waals surface area contributed by atoms with Crippen molar-refractivity contribution >= 4 is 61.6 Å². The van der Waals surface area contributed by atoms with Crippen LogP contribution >= 0.6 is 49.9 Å². The predicted octanol–water partition coefficient (Wildman–Crippen LogP) is 5.79. The quantitative estimate of drug-likeness (QED) is 0.277. The first-order valence-electron chi connectivity index (χ1n) is 12.0. The number of allylic oxidation sites excluding steroid dienone is 1. The highest BCUT2D eigenvalue weighted by Crippen LogP contribution is 2.41. The van der Waals surface area contributed by atoms with Gasteiger partial charge in [-0.2, -0.15) is 0 Å². The molecule has 0 fully saturated rings. The number of aryl methyl sites for hydroxylation is 1. The lowest BCUT2D eigenvalue weighted by atomic mass is 9.83. The second-order valence-electron chi connectivity index (χ2n) is 8.95. The number of aromatic hydroxyl groups is 1. The summed E-state index contributed by atoms with van der Waals surface area (Å²) in [7, 11) is 0. The summed E-state index contributed by atoms with van der Waals surface area (Å²) in [5, 5.41) is 10.4. The number of hydrogen-bond acceptors (Lipinski definition) is 5. The summed E-state index contributed by atoms with van der Waals surface area (Å²) in [5.74, 6) is 0.524. The molecule has 1 aliphatic carbocycles. The van der Waals surface area contributed by atoms with E-state index in [-0.39, 0.29) is 17.4 Å². The summed E-state index contributed by atoms with van der Waals surface area (Å²) < 4.78 is 9.72. The van der Waals surface area contributed by atoms with Crippen LogP contribution in [0.4, 0.5) is 0 Å². The molecule has 3 aromatic carbocycles. The fourth-order valence-corrected chi connectivity index (χ4v) is 6.95. The van der Waals surface area contributed by atoms with Crippen LogP contribution in [0.2, 0.25) is 0 Å². The molecule has 4 aromatic rings. The molecule has 1 atom stereocenters. The topological polar surface area (TPSA) is 63.8 Å². The summed E-state index contributed by atoms with van der Waals surface area (Å²) >= 11 is 7.02. The van der Waals surface area contributed by atoms with Gasteiger partial charge in [0.1, 0.15) is 0 Å². The lowest BCUT2D eigenvalue weighted by Gasteiger charge is -2.30. The molecule has 0 amide bonds. The number of aromatic nitrogens is 1. The monoisotopic (exact) mass is 684 g/mol. The lowest BCUT2D eigenvalue weighted by Crippen LogP contribution is -2.38. The Bertz CT molecular complexity index is 1760. The van der Waals surface area contributed by atoms with Crippen LogP contribution in [0, 0.1) is 3.57 Å². The van der Waals surface area contributed by atoms with E-state index in [2.05, 4.69) is 74.9 Å². The second-order valence-corrected chi connectivity index (χ2v) is 12.0. The standard InChI is InChI=1S/C29H22BrIN2O3S/c1-2-36-23-14-16(13-22(31)27(23)34)15-24-28(35)33-26(18-7-10-19(30)11-8-18)21-12-9-17-5-3-4-6-20(17)25(21)32-29(33)37-24/h3-8,10-11,13-15,26,34H,2,9,12H2,1H3/b24-15-/t26-/m0/s1. The van der Waals surface area contributed by atoms with E-state index >= 15 is 0 Å². The minimum Gasteiger partial charge on any atom is -0.504 e. The number of fused-ring (bicyclic) bond motifs is 3. The molecule has 1 N–H and O–H groups in total. The number of nitrogens with zero attached hydrogens (tertiary/aromatic N) is 2. The maximum Gasteiger partial charge on any atom is 0.271 e. The number of thiazole rings is 1. The van der Waals surface area contributed by atoms with Gasteiger partial charge in [0.2, 0.25) is 0 Å². The largest absolute Gasteiger partial charge is 0.504 e. The molecule has 8 heteroatoms. The first-order chi connectivity index (χ1) is 17.9. The highest BCUT2D eigenvalue weighted by atomic mass is 127. The van der Waals surface area contributed by atoms with E-state index in [0.717, 1.165) is 39.7 Å². The van der Waals surface area contributed by atoms with E-state index < -0.39 is 0 Å². The van der Waals surface area contributed by atoms with Crippen molar-refractivity contribution in [3.63, 3.8) is 0 Å². The fraction of sp³-hybridized carbons (Fsp3) is 0.172. The molecule has 0 bridgehead atoms. The molecule has 37 heavy (non-hydrogen) atoms. The Morgan fingerprint density at radius 3 is 2.76 bits per heavy atom. The van der Waals surface area contributed by atoms with Crippen molar-refractivity contribution in [1.82, 2.24) is 4.57 Å². The number of halogens is 2. The number of benzene rings is 3. The van der Waals surface area contributed by atoms with E-state index in [1.807, 2.05) is 35.8 Å². The average molecular weight is 685 g/mol. The zero-order chi connectivity index (χ0) is 25.7. The second kappa shape index (κ2) is 9.89. The Kier molecular flexibility index (Phi) is 6.58. The third kappa shape index (κ3) is 4.38. The van der Waals surface area contributed by atoms with Crippen molar-refractivity contribution in [1.29, 1.82) is 0 Å². The van der Waals surface area contributed by atoms with Gasteiger partial charge >= 0.3 is 0 Å². The summed E-state index contributed by atoms with van der Waals surface area (Å²) in [6.07, 6.45) is 3.64. The Morgan fingerprint density at radius 1 is 1.19 bits per heavy atom. The molecule has 0 saturated carbocycles. The van der Waals surface area contributed by atoms with Gasteiger partial charge in [-0.3, -0.25) is 9.36 Å². The Balaban J connectivity index is 1.59. The first kappa shape index (κ1) is 24.6. The van der Waals surface area contributed by atoms with E-state index in [1.54, 1.807) is 6.07 Å². The minimum atomic E-state index is -0.214. The summed E-state index contributed by atoms with van der Waals surface area (Å²) in [5.41, 5.74) is 6.40. The van der Waals surface area contributed by atoms with Crippen LogP contribution in [-0.2, 0) is 6.42 Å². The van der Waals surface area contributed by atoms with Crippen molar-refractivity contribution in [2.24, 2.45) is 4.99 Å². The number of phenols is 1. The fourth-order valence-electron chi connectivity index (χ4n) is 5.06. The van der Waals surface area contributed by atoms with Crippen LogP contribution in [0.3, 0.4) is 0 Å². The number of ether oxygens (including phenoxy) is 1. The summed E-state index contributed by atoms with van der Waals surface area (Å²) in [6.45, 7) is 2.31. The number of hydrogen-bond donors (Lipinski definition) is 1. The van der Waals surface area contributed by atoms with Crippen LogP contribution in [-0.4, -0.2) is 16.3 Å². The molecule has 0 radical (unpaired) electrons. The van der Waals surface area contributed by atoms with Gasteiger partial charge in [0, 0.05) is 10.0 Å². The smallest absolute Gasteiger partial charge is 0.271 e. The van der Waals surface area contributed by atoms with E-state index in [4.69, 9.17) is 9.73 Å². The van der Waals surface area contributed by atoms with Crippen molar-refractivity contribution < 1.29 is 9.84 Å². The number of phenolic OH excluding ortho intramolecular Hbond substituents is 1. The van der Waals surface area contributed by atoms with Crippen LogP contribution in [0.15, 0.2) is 80.5 Å². The molecule has 186 valence electrons. The predicted molar refractivity (Wildman–Crippen MR) is 159 cm³/mol. The van der Waals surface area contributed by atoms with Gasteiger partial charge in [0.15, 0.2) is 16.3 Å². The molecule has 0 spiro atoms. The highest BCUT2D eigenvalue weighted by Gasteiger charge is 2.32. The molecule has 1 aliphatic heterocycles. The lowest BCUT2D eigenvalue weighted by molar-refractivity contribution is 0.317. The van der Waals surface area contributed by atoms with Crippen molar-refractivity contribution in [3.8, 4) is 11.5 Å². The first-order valence-corrected chi connectivity index (χ1v) is 14.7. The molecule has 5 nitrogen and oxygen atoms in total. The van der Waals surface area contributed by atoms with E-state index in [1.165, 1.54) is 22.5 Å². The zero-order valence-electron chi connectivity index (χ0n) is 19.9. The molecule has 0 saturated heterocycles. The van der Waals surface area contributed by atoms with Crippen LogP contribution in [0.25, 0.3) is 11.8 Å². The zero-order valence-corrected chi connectivity index (χ0v) is 24.4. The maximum atomic E-state index is 13.9. The van der Waals surface area contributed by atoms with Gasteiger partial charge in [0.25, 0.3) is 5.56 Å². The van der Waals surface area contributed by atoms with Crippen LogP contribution in [0.5, 0.6) is 11.5 Å². The van der Waals surface area contributed by atoms with Crippen LogP contribution in [0.1, 0.15) is 41.6 Å².